The summed E-state index contributed by atoms with van der Waals surface area (Å²) >= 11 is 0. The summed E-state index contributed by atoms with van der Waals surface area (Å²) in [5, 5.41) is 11.9. The van der Waals surface area contributed by atoms with E-state index in [4.69, 9.17) is 0 Å². The van der Waals surface area contributed by atoms with Gasteiger partial charge in [-0.1, -0.05) is 94.2 Å². The summed E-state index contributed by atoms with van der Waals surface area (Å²) in [6.07, 6.45) is 13.8. The van der Waals surface area contributed by atoms with E-state index >= 15 is 0 Å². The molecule has 5 nitrogen and oxygen atoms in total. The molecule has 1 aliphatic heterocycles. The number of hydrogen-bond acceptors (Lipinski definition) is 1. The fourth-order valence-corrected chi connectivity index (χ4v) is 12.6. The number of aryl methyl sites for hydroxylation is 1. The largest absolute Gasteiger partial charge is 4.00 e. The van der Waals surface area contributed by atoms with Crippen molar-refractivity contribution in [2.75, 3.05) is 49.3 Å². The van der Waals surface area contributed by atoms with Gasteiger partial charge in [0.15, 0.2) is 0 Å². The average molecular weight is 763 g/mol. The Morgan fingerprint density at radius 2 is 1.20 bits per heavy atom. The number of aromatic nitrogens is 1. The minimum absolute atomic E-state index is 0. The molecule has 1 aromatic heterocycles. The van der Waals surface area contributed by atoms with Crippen LogP contribution >= 0.6 is 0 Å². The normalized spacial score (nSPS) is 27.2. The van der Waals surface area contributed by atoms with Gasteiger partial charge in [-0.3, -0.25) is 4.90 Å². The van der Waals surface area contributed by atoms with Gasteiger partial charge in [0.05, 0.1) is 13.8 Å². The molecule has 8 rings (SSSR count). The number of fused-ring (bicyclic) bond motifs is 10. The van der Waals surface area contributed by atoms with Crippen LogP contribution in [0.15, 0.2) is 48.5 Å². The summed E-state index contributed by atoms with van der Waals surface area (Å²) in [7, 11) is 13.8. The number of nitrogens with zero attached hydrogens (tertiary/aromatic N) is 5. The molecule has 7 unspecified atom stereocenters. The number of rotatable bonds is 1. The van der Waals surface area contributed by atoms with E-state index in [0.717, 1.165) is 35.8 Å². The predicted molar refractivity (Wildman–Crippen MR) is 216 cm³/mol. The molecular weight excluding hydrogens is 694 g/mol. The second-order valence-electron chi connectivity index (χ2n) is 15.8. The Balaban J connectivity index is 0.000000269. The first-order valence-electron chi connectivity index (χ1n) is 18.4. The first-order chi connectivity index (χ1) is 22.6. The predicted octanol–water partition coefficient (Wildman–Crippen LogP) is 11.2. The summed E-state index contributed by atoms with van der Waals surface area (Å²) in [5.41, 5.74) is 7.98. The second kappa shape index (κ2) is 20.2. The molecule has 2 heterocycles. The van der Waals surface area contributed by atoms with Crippen molar-refractivity contribution >= 4 is 19.0 Å². The van der Waals surface area contributed by atoms with Crippen LogP contribution in [-0.4, -0.2) is 79.0 Å². The topological polar surface area (TPSA) is 50.5 Å². The van der Waals surface area contributed by atoms with Gasteiger partial charge < -0.3 is 27.9 Å². The average Bonchev–Trinajstić information content (AvgIpc) is 3.77. The van der Waals surface area contributed by atoms with Crippen molar-refractivity contribution in [3.05, 3.63) is 83.0 Å². The summed E-state index contributed by atoms with van der Waals surface area (Å²) < 4.78 is 2.39. The Morgan fingerprint density at radius 3 is 1.84 bits per heavy atom. The Morgan fingerprint density at radius 1 is 0.673 bits per heavy atom. The Labute approximate surface area is 322 Å². The van der Waals surface area contributed by atoms with E-state index in [1.807, 2.05) is 0 Å². The van der Waals surface area contributed by atoms with Crippen LogP contribution in [0.1, 0.15) is 74.5 Å². The first kappa shape index (κ1) is 44.1. The van der Waals surface area contributed by atoms with Crippen molar-refractivity contribution < 1.29 is 26.2 Å². The molecule has 0 N–H and O–H groups in total. The van der Waals surface area contributed by atoms with Gasteiger partial charge in [0.25, 0.3) is 0 Å². The Kier molecular flexibility index (Phi) is 18.2. The maximum Gasteiger partial charge on any atom is 4.00 e. The first-order valence-corrected chi connectivity index (χ1v) is 22.0. The monoisotopic (exact) mass is 761 g/mol. The summed E-state index contributed by atoms with van der Waals surface area (Å²) in [6, 6.07) is 19.8. The number of para-hydroxylation sites is 1. The molecule has 2 aromatic carbocycles. The Hall–Kier alpha value is -1.08. The number of hydrogen-bond donors (Lipinski definition) is 0. The van der Waals surface area contributed by atoms with Crippen molar-refractivity contribution in [3.8, 4) is 11.3 Å². The van der Waals surface area contributed by atoms with Gasteiger partial charge in [0.2, 0.25) is 0 Å². The van der Waals surface area contributed by atoms with Crippen LogP contribution in [0.2, 0.25) is 19.6 Å². The van der Waals surface area contributed by atoms with Gasteiger partial charge in [0.1, 0.15) is 0 Å². The van der Waals surface area contributed by atoms with E-state index in [1.165, 1.54) is 54.3 Å². The maximum atomic E-state index is 3.50. The fourth-order valence-electron chi connectivity index (χ4n) is 10.2. The van der Waals surface area contributed by atoms with E-state index in [-0.39, 0.29) is 33.6 Å². The fraction of sp³-hybridized carbons (Fsp3) is 0.643. The third-order valence-electron chi connectivity index (χ3n) is 11.6. The zero-order valence-electron chi connectivity index (χ0n) is 33.3. The van der Waals surface area contributed by atoms with E-state index in [9.17, 15) is 0 Å². The molecule has 5 aliphatic rings. The molecule has 49 heavy (non-hydrogen) atoms. The minimum Gasteiger partial charge on any atom is -0.668 e. The third kappa shape index (κ3) is 9.30. The zero-order chi connectivity index (χ0) is 34.3. The molecule has 7 heteroatoms. The number of benzene rings is 2. The quantitative estimate of drug-likeness (QED) is 0.180. The molecule has 4 aliphatic carbocycles. The minimum atomic E-state index is -1.34. The van der Waals surface area contributed by atoms with Crippen molar-refractivity contribution in [1.82, 2.24) is 9.47 Å². The SMILES string of the molecule is CN1C2CCCCC2C2CC3CCCCC3C21.C[N-]C.C[N-]C.C[N-]C.Cn1c2c(c3ccccc31)C([Si](C)(C)C)c1ccccc1-2.[CH3-].[Zr+4]. The Bertz CT molecular complexity index is 1390. The van der Waals surface area contributed by atoms with Gasteiger partial charge in [-0.05, 0) is 73.6 Å². The van der Waals surface area contributed by atoms with Gasteiger partial charge in [0, 0.05) is 41.1 Å². The smallest absolute Gasteiger partial charge is 0.668 e. The van der Waals surface area contributed by atoms with Crippen molar-refractivity contribution in [1.29, 1.82) is 0 Å². The van der Waals surface area contributed by atoms with Crippen LogP contribution in [0.25, 0.3) is 38.1 Å². The maximum absolute atomic E-state index is 3.50. The molecule has 1 saturated heterocycles. The molecule has 4 fully saturated rings. The van der Waals surface area contributed by atoms with Gasteiger partial charge in [-0.2, -0.15) is 42.3 Å². The molecular formula is C42H69N5SiZr. The van der Waals surface area contributed by atoms with Crippen LogP contribution in [-0.2, 0) is 33.3 Å². The molecule has 270 valence electrons. The molecule has 0 spiro atoms. The summed E-state index contributed by atoms with van der Waals surface area (Å²) in [6.45, 7) is 7.47. The molecule has 0 radical (unpaired) electrons. The van der Waals surface area contributed by atoms with Crippen molar-refractivity contribution in [2.45, 2.75) is 95.1 Å². The van der Waals surface area contributed by atoms with Crippen LogP contribution in [0, 0.1) is 31.1 Å². The van der Waals surface area contributed by atoms with Crippen LogP contribution in [0.3, 0.4) is 0 Å². The van der Waals surface area contributed by atoms with Crippen LogP contribution in [0.5, 0.6) is 0 Å². The van der Waals surface area contributed by atoms with Gasteiger partial charge >= 0.3 is 26.2 Å². The molecule has 7 atom stereocenters. The van der Waals surface area contributed by atoms with E-state index in [1.54, 1.807) is 79.1 Å². The number of likely N-dealkylation sites (tertiary alicyclic amines) is 1. The molecule has 0 bridgehead atoms. The van der Waals surface area contributed by atoms with Crippen LogP contribution < -0.4 is 0 Å². The van der Waals surface area contributed by atoms with E-state index in [0.29, 0.717) is 5.54 Å². The second-order valence-corrected chi connectivity index (χ2v) is 21.2. The van der Waals surface area contributed by atoms with Gasteiger partial charge in [-0.15, -0.1) is 0 Å². The molecule has 3 aromatic rings. The van der Waals surface area contributed by atoms with E-state index in [2.05, 4.69) is 108 Å². The summed E-state index contributed by atoms with van der Waals surface area (Å²) in [4.78, 5) is 2.85. The third-order valence-corrected chi connectivity index (χ3v) is 13.9. The van der Waals surface area contributed by atoms with Crippen molar-refractivity contribution in [3.63, 3.8) is 0 Å². The van der Waals surface area contributed by atoms with E-state index < -0.39 is 8.07 Å². The van der Waals surface area contributed by atoms with Crippen LogP contribution in [0.4, 0.5) is 0 Å². The standard InChI is InChI=1S/C19H21NSi.C16H27N.3C2H6N.CH3.Zr/c1-20-16-12-8-7-11-15(16)17-18(20)13-9-5-6-10-14(13)19(17)21(2,3)4;1-17-15-9-5-4-8-13(15)14-10-11-6-2-3-7-12(11)16(14)17;3*1-3-2;;/h5-12,19H,1-4H3;11-16H,2-10H2,1H3;3*1-2H3;1H3;/q;;4*-1;+4. The van der Waals surface area contributed by atoms with Gasteiger partial charge in [-0.25, -0.2) is 0 Å². The molecule has 0 amide bonds. The molecule has 3 saturated carbocycles. The summed E-state index contributed by atoms with van der Waals surface area (Å²) in [5.74, 6) is 4.39. The zero-order valence-corrected chi connectivity index (χ0v) is 36.7. The van der Waals surface area contributed by atoms with Crippen molar-refractivity contribution in [2.24, 2.45) is 30.7 Å².